The van der Waals surface area contributed by atoms with Crippen LogP contribution >= 0.6 is 0 Å². The fraction of sp³-hybridized carbons (Fsp3) is 0.959. The van der Waals surface area contributed by atoms with Crippen LogP contribution in [0.15, 0.2) is 0 Å². The summed E-state index contributed by atoms with van der Waals surface area (Å²) in [5.74, 6) is 2.47. The molecule has 1 unspecified atom stereocenters. The molecule has 0 bridgehead atoms. The van der Waals surface area contributed by atoms with Gasteiger partial charge in [0.25, 0.3) is 0 Å². The fourth-order valence-electron chi connectivity index (χ4n) is 7.89. The number of ether oxygens (including phenoxy) is 2. The molecule has 0 spiro atoms. The van der Waals surface area contributed by atoms with Crippen molar-refractivity contribution in [1.29, 1.82) is 0 Å². The van der Waals surface area contributed by atoms with Gasteiger partial charge in [0.15, 0.2) is 0 Å². The van der Waals surface area contributed by atoms with Gasteiger partial charge in [-0.15, -0.1) is 0 Å². The maximum absolute atomic E-state index is 12.2. The van der Waals surface area contributed by atoms with E-state index in [1.807, 2.05) is 7.11 Å². The molecule has 0 amide bonds. The summed E-state index contributed by atoms with van der Waals surface area (Å²) in [6.45, 7) is 18.7. The van der Waals surface area contributed by atoms with E-state index >= 15 is 0 Å². The second-order valence-electron chi connectivity index (χ2n) is 16.7. The highest BCUT2D eigenvalue weighted by molar-refractivity contribution is 5.69. The first-order valence-corrected chi connectivity index (χ1v) is 24.3. The van der Waals surface area contributed by atoms with E-state index in [1.54, 1.807) is 0 Å². The van der Waals surface area contributed by atoms with E-state index in [0.29, 0.717) is 13.0 Å². The smallest absolute Gasteiger partial charge is 0.305 e. The second kappa shape index (κ2) is 46.4. The minimum absolute atomic E-state index is 0.0151. The van der Waals surface area contributed by atoms with E-state index < -0.39 is 0 Å². The van der Waals surface area contributed by atoms with Crippen LogP contribution in [0.1, 0.15) is 247 Å². The lowest BCUT2D eigenvalue weighted by molar-refractivity contribution is -0.144. The molecule has 5 heteroatoms. The summed E-state index contributed by atoms with van der Waals surface area (Å²) in [6, 6.07) is 0. The Kier molecular flexibility index (Phi) is 47.4. The molecule has 1 atom stereocenters. The van der Waals surface area contributed by atoms with Gasteiger partial charge in [0.1, 0.15) is 6.29 Å². The van der Waals surface area contributed by atoms with E-state index in [4.69, 9.17) is 9.47 Å². The predicted molar refractivity (Wildman–Crippen MR) is 238 cm³/mol. The van der Waals surface area contributed by atoms with Gasteiger partial charge in [-0.2, -0.15) is 0 Å². The molecular weight excluding hydrogens is 667 g/mol. The Morgan fingerprint density at radius 3 is 1.30 bits per heavy atom. The van der Waals surface area contributed by atoms with Gasteiger partial charge in [-0.25, -0.2) is 0 Å². The molecular formula is C49H99NO4. The van der Waals surface area contributed by atoms with Crippen LogP contribution in [-0.4, -0.2) is 57.1 Å². The van der Waals surface area contributed by atoms with E-state index in [-0.39, 0.29) is 5.97 Å². The van der Waals surface area contributed by atoms with Crippen LogP contribution in [0.5, 0.6) is 0 Å². The molecule has 0 rings (SSSR count). The molecule has 0 aromatic rings. The minimum atomic E-state index is 0.0151. The van der Waals surface area contributed by atoms with Crippen molar-refractivity contribution in [2.75, 3.05) is 40.0 Å². The summed E-state index contributed by atoms with van der Waals surface area (Å²) < 4.78 is 10.8. The van der Waals surface area contributed by atoms with Crippen molar-refractivity contribution in [2.24, 2.45) is 17.8 Å². The standard InChI is InChI=1S/C35H69NO3.C14H30O/c1-5-9-18-24-33(25-19-10-6-2)29-31-39-35(38)28-22-16-13-15-21-27-34(32-36(7-3)8-4)26-20-14-11-12-17-23-30-37;1-4-6-8-10-14(12-13-15-3)11-9-7-5-2/h30,33-34H,5-29,31-32H2,1-4H3;14H,4-13H2,1-3H3. The van der Waals surface area contributed by atoms with Gasteiger partial charge in [0.05, 0.1) is 6.61 Å². The average Bonchev–Trinajstić information content (AvgIpc) is 3.18. The molecule has 54 heavy (non-hydrogen) atoms. The lowest BCUT2D eigenvalue weighted by Gasteiger charge is -2.25. The average molecular weight is 766 g/mol. The second-order valence-corrected chi connectivity index (χ2v) is 16.7. The van der Waals surface area contributed by atoms with Crippen molar-refractivity contribution in [3.05, 3.63) is 0 Å². The molecule has 0 saturated heterocycles. The molecule has 0 aliphatic heterocycles. The first-order chi connectivity index (χ1) is 26.4. The zero-order valence-electron chi connectivity index (χ0n) is 38.1. The number of carbonyl (C=O) groups excluding carboxylic acids is 2. The molecule has 0 radical (unpaired) electrons. The number of nitrogens with zero attached hydrogens (tertiary/aromatic N) is 1. The van der Waals surface area contributed by atoms with E-state index in [0.717, 1.165) is 75.8 Å². The highest BCUT2D eigenvalue weighted by Gasteiger charge is 2.13. The van der Waals surface area contributed by atoms with E-state index in [1.165, 1.54) is 173 Å². The predicted octanol–water partition coefficient (Wildman–Crippen LogP) is 15.1. The number of rotatable bonds is 42. The van der Waals surface area contributed by atoms with Crippen LogP contribution in [0.25, 0.3) is 0 Å². The van der Waals surface area contributed by atoms with Gasteiger partial charge in [-0.3, -0.25) is 4.79 Å². The summed E-state index contributed by atoms with van der Waals surface area (Å²) in [7, 11) is 1.81. The summed E-state index contributed by atoms with van der Waals surface area (Å²) >= 11 is 0. The van der Waals surface area contributed by atoms with Crippen molar-refractivity contribution in [3.8, 4) is 0 Å². The monoisotopic (exact) mass is 766 g/mol. The molecule has 0 fully saturated rings. The number of unbranched alkanes of at least 4 members (excludes halogenated alkanes) is 17. The van der Waals surface area contributed by atoms with Crippen LogP contribution in [-0.2, 0) is 19.1 Å². The Bertz CT molecular complexity index is 706. The Morgan fingerprint density at radius 1 is 0.481 bits per heavy atom. The highest BCUT2D eigenvalue weighted by Crippen LogP contribution is 2.23. The maximum Gasteiger partial charge on any atom is 0.305 e. The zero-order valence-corrected chi connectivity index (χ0v) is 38.1. The lowest BCUT2D eigenvalue weighted by Crippen LogP contribution is -2.29. The van der Waals surface area contributed by atoms with E-state index in [9.17, 15) is 9.59 Å². The Hall–Kier alpha value is -0.940. The number of hydrogen-bond donors (Lipinski definition) is 0. The van der Waals surface area contributed by atoms with Gasteiger partial charge in [-0.05, 0) is 69.4 Å². The molecule has 0 N–H and O–H groups in total. The third-order valence-corrected chi connectivity index (χ3v) is 11.7. The van der Waals surface area contributed by atoms with Gasteiger partial charge < -0.3 is 19.2 Å². The molecule has 5 nitrogen and oxygen atoms in total. The zero-order chi connectivity index (χ0) is 40.2. The number of carbonyl (C=O) groups is 2. The normalized spacial score (nSPS) is 12.0. The molecule has 0 heterocycles. The molecule has 0 aromatic heterocycles. The number of methoxy groups -OCH3 is 1. The van der Waals surface area contributed by atoms with Crippen LogP contribution in [0.4, 0.5) is 0 Å². The first kappa shape index (κ1) is 55.2. The van der Waals surface area contributed by atoms with E-state index in [2.05, 4.69) is 46.4 Å². The van der Waals surface area contributed by atoms with Gasteiger partial charge in [0.2, 0.25) is 0 Å². The summed E-state index contributed by atoms with van der Waals surface area (Å²) in [5, 5.41) is 0. The van der Waals surface area contributed by atoms with Crippen molar-refractivity contribution in [2.45, 2.75) is 247 Å². The van der Waals surface area contributed by atoms with Gasteiger partial charge in [-0.1, -0.05) is 196 Å². The van der Waals surface area contributed by atoms with Gasteiger partial charge in [0, 0.05) is 33.1 Å². The highest BCUT2D eigenvalue weighted by atomic mass is 16.5. The number of aldehydes is 1. The quantitative estimate of drug-likeness (QED) is 0.0352. The molecule has 324 valence electrons. The van der Waals surface area contributed by atoms with Crippen LogP contribution in [0.3, 0.4) is 0 Å². The largest absolute Gasteiger partial charge is 0.466 e. The Morgan fingerprint density at radius 2 is 0.870 bits per heavy atom. The van der Waals surface area contributed by atoms with Crippen LogP contribution < -0.4 is 0 Å². The number of hydrogen-bond acceptors (Lipinski definition) is 5. The summed E-state index contributed by atoms with van der Waals surface area (Å²) in [5.41, 5.74) is 0. The SMILES string of the molecule is CCCCCC(CCCCC)CCOC.CCCCCC(CCCCC)CCOC(=O)CCCCCCCC(CCCCCCCC=O)CN(CC)CC. The van der Waals surface area contributed by atoms with Crippen molar-refractivity contribution < 1.29 is 19.1 Å². The topological polar surface area (TPSA) is 55.8 Å². The molecule has 0 saturated carbocycles. The van der Waals surface area contributed by atoms with Crippen LogP contribution in [0.2, 0.25) is 0 Å². The van der Waals surface area contributed by atoms with Crippen molar-refractivity contribution in [3.63, 3.8) is 0 Å². The lowest BCUT2D eigenvalue weighted by atomic mass is 9.92. The third-order valence-electron chi connectivity index (χ3n) is 11.7. The van der Waals surface area contributed by atoms with Gasteiger partial charge >= 0.3 is 5.97 Å². The minimum Gasteiger partial charge on any atom is -0.466 e. The fourth-order valence-corrected chi connectivity index (χ4v) is 7.89. The van der Waals surface area contributed by atoms with Crippen molar-refractivity contribution in [1.82, 2.24) is 4.90 Å². The molecule has 0 aromatic carbocycles. The number of esters is 1. The van der Waals surface area contributed by atoms with Crippen LogP contribution in [0, 0.1) is 17.8 Å². The van der Waals surface area contributed by atoms with Crippen molar-refractivity contribution >= 4 is 12.3 Å². The first-order valence-electron chi connectivity index (χ1n) is 24.3. The molecule has 0 aliphatic rings. The summed E-state index contributed by atoms with van der Waals surface area (Å²) in [6.07, 6.45) is 41.1. The Labute approximate surface area is 340 Å². The Balaban J connectivity index is 0. The third kappa shape index (κ3) is 40.7. The maximum atomic E-state index is 12.2. The molecule has 0 aliphatic carbocycles. The summed E-state index contributed by atoms with van der Waals surface area (Å²) in [4.78, 5) is 25.3.